The van der Waals surface area contributed by atoms with Gasteiger partial charge in [-0.05, 0) is 38.5 Å². The van der Waals surface area contributed by atoms with Crippen molar-refractivity contribution in [3.8, 4) is 11.5 Å². The molecule has 1 amide bonds. The fourth-order valence-corrected chi connectivity index (χ4v) is 3.85. The molecule has 0 saturated carbocycles. The Morgan fingerprint density at radius 2 is 1.82 bits per heavy atom. The number of carbonyl (C=O) groups is 2. The van der Waals surface area contributed by atoms with Crippen molar-refractivity contribution >= 4 is 23.3 Å². The highest BCUT2D eigenvalue weighted by molar-refractivity contribution is 6.51. The van der Waals surface area contributed by atoms with E-state index in [0.29, 0.717) is 35.0 Å². The van der Waals surface area contributed by atoms with Gasteiger partial charge < -0.3 is 19.1 Å². The number of aromatic nitrogens is 1. The lowest BCUT2D eigenvalue weighted by atomic mass is 9.94. The van der Waals surface area contributed by atoms with E-state index >= 15 is 0 Å². The zero-order valence-corrected chi connectivity index (χ0v) is 18.8. The van der Waals surface area contributed by atoms with E-state index in [-0.39, 0.29) is 17.2 Å². The smallest absolute Gasteiger partial charge is 0.301 e. The van der Waals surface area contributed by atoms with Crippen LogP contribution in [0.4, 0.5) is 5.82 Å². The summed E-state index contributed by atoms with van der Waals surface area (Å²) in [6.07, 6.45) is 0. The van der Waals surface area contributed by atoms with Crippen molar-refractivity contribution in [3.05, 3.63) is 76.6 Å². The quantitative estimate of drug-likeness (QED) is 0.340. The van der Waals surface area contributed by atoms with Crippen molar-refractivity contribution in [1.82, 2.24) is 5.16 Å². The number of anilines is 1. The summed E-state index contributed by atoms with van der Waals surface area (Å²) in [5.74, 6) is -0.276. The van der Waals surface area contributed by atoms with Gasteiger partial charge in [0.25, 0.3) is 5.78 Å². The summed E-state index contributed by atoms with van der Waals surface area (Å²) < 4.78 is 16.2. The van der Waals surface area contributed by atoms with Crippen LogP contribution in [0.1, 0.15) is 35.4 Å². The number of aliphatic hydroxyl groups excluding tert-OH is 1. The molecule has 0 bridgehead atoms. The van der Waals surface area contributed by atoms with Crippen molar-refractivity contribution < 1.29 is 28.7 Å². The highest BCUT2D eigenvalue weighted by Crippen LogP contribution is 2.43. The van der Waals surface area contributed by atoms with Crippen LogP contribution in [0.2, 0.25) is 0 Å². The normalized spacial score (nSPS) is 17.5. The Morgan fingerprint density at radius 1 is 1.09 bits per heavy atom. The molecule has 2 heterocycles. The number of aliphatic hydroxyl groups is 1. The number of rotatable bonds is 6. The second kappa shape index (κ2) is 8.82. The molecule has 0 spiro atoms. The van der Waals surface area contributed by atoms with Crippen LogP contribution in [-0.2, 0) is 9.59 Å². The Hall–Kier alpha value is -4.07. The molecule has 33 heavy (non-hydrogen) atoms. The number of ether oxygens (including phenoxy) is 2. The van der Waals surface area contributed by atoms with E-state index in [0.717, 1.165) is 5.56 Å². The lowest BCUT2D eigenvalue weighted by Crippen LogP contribution is -2.29. The van der Waals surface area contributed by atoms with Gasteiger partial charge in [0.05, 0.1) is 25.3 Å². The van der Waals surface area contributed by atoms with Gasteiger partial charge in [0.2, 0.25) is 0 Å². The number of benzene rings is 2. The molecule has 3 aromatic rings. The number of hydrogen-bond acceptors (Lipinski definition) is 7. The van der Waals surface area contributed by atoms with Gasteiger partial charge in [-0.3, -0.25) is 14.5 Å². The molecule has 8 heteroatoms. The molecule has 1 saturated heterocycles. The molecule has 1 aliphatic heterocycles. The van der Waals surface area contributed by atoms with Crippen LogP contribution in [-0.4, -0.2) is 35.7 Å². The second-order valence-corrected chi connectivity index (χ2v) is 7.67. The highest BCUT2D eigenvalue weighted by Gasteiger charge is 2.48. The summed E-state index contributed by atoms with van der Waals surface area (Å²) in [5, 5.41) is 15.1. The Kier molecular flexibility index (Phi) is 5.91. The number of amides is 1. The third kappa shape index (κ3) is 3.95. The van der Waals surface area contributed by atoms with E-state index in [2.05, 4.69) is 5.16 Å². The van der Waals surface area contributed by atoms with E-state index in [1.54, 1.807) is 43.3 Å². The first kappa shape index (κ1) is 22.1. The van der Waals surface area contributed by atoms with Gasteiger partial charge >= 0.3 is 5.91 Å². The standard InChI is InChI=1S/C25H24N2O6/c1-5-32-18-11-10-17(13-19(18)31-4)22-21(23(28)16-8-6-14(2)7-9-16)24(29)25(30)27(22)20-12-15(3)33-26-20/h6-13,22,28H,5H2,1-4H3/b23-21+/t22-/m0/s1. The predicted octanol–water partition coefficient (Wildman–Crippen LogP) is 4.33. The Bertz CT molecular complexity index is 1240. The number of carbonyl (C=O) groups excluding carboxylic acids is 2. The molecule has 4 rings (SSSR count). The molecule has 0 radical (unpaired) electrons. The molecule has 0 unspecified atom stereocenters. The molecule has 1 aromatic heterocycles. The van der Waals surface area contributed by atoms with Gasteiger partial charge in [-0.25, -0.2) is 0 Å². The summed E-state index contributed by atoms with van der Waals surface area (Å²) in [6.45, 7) is 5.91. The maximum absolute atomic E-state index is 13.2. The zero-order chi connectivity index (χ0) is 23.7. The van der Waals surface area contributed by atoms with Crippen molar-refractivity contribution in [2.75, 3.05) is 18.6 Å². The lowest BCUT2D eigenvalue weighted by Gasteiger charge is -2.23. The second-order valence-electron chi connectivity index (χ2n) is 7.67. The molecule has 1 aliphatic rings. The minimum atomic E-state index is -0.944. The Balaban J connectivity index is 1.93. The Morgan fingerprint density at radius 3 is 2.42 bits per heavy atom. The van der Waals surface area contributed by atoms with Crippen molar-refractivity contribution in [2.24, 2.45) is 0 Å². The highest BCUT2D eigenvalue weighted by atomic mass is 16.5. The van der Waals surface area contributed by atoms with Crippen LogP contribution in [0.25, 0.3) is 5.76 Å². The number of methoxy groups -OCH3 is 1. The van der Waals surface area contributed by atoms with E-state index in [4.69, 9.17) is 14.0 Å². The number of nitrogens with zero attached hydrogens (tertiary/aromatic N) is 2. The lowest BCUT2D eigenvalue weighted by molar-refractivity contribution is -0.132. The van der Waals surface area contributed by atoms with Gasteiger partial charge in [0.1, 0.15) is 11.5 Å². The Labute approximate surface area is 191 Å². The third-order valence-corrected chi connectivity index (χ3v) is 5.44. The molecule has 1 N–H and O–H groups in total. The van der Waals surface area contributed by atoms with Crippen LogP contribution in [0.15, 0.2) is 58.6 Å². The molecular weight excluding hydrogens is 424 g/mol. The monoisotopic (exact) mass is 448 g/mol. The number of Topliss-reactive ketones (excluding diaryl/α,β-unsaturated/α-hetero) is 1. The largest absolute Gasteiger partial charge is 0.507 e. The van der Waals surface area contributed by atoms with Gasteiger partial charge in [0, 0.05) is 11.6 Å². The summed E-state index contributed by atoms with van der Waals surface area (Å²) in [5.41, 5.74) is 1.93. The fraction of sp³-hybridized carbons (Fsp3) is 0.240. The molecule has 1 atom stereocenters. The minimum absolute atomic E-state index is 0.0456. The topological polar surface area (TPSA) is 102 Å². The van der Waals surface area contributed by atoms with Crippen molar-refractivity contribution in [2.45, 2.75) is 26.8 Å². The molecule has 0 aliphatic carbocycles. The maximum atomic E-state index is 13.2. The maximum Gasteiger partial charge on any atom is 0.301 e. The van der Waals surface area contributed by atoms with Crippen LogP contribution in [0.5, 0.6) is 11.5 Å². The van der Waals surface area contributed by atoms with E-state index in [9.17, 15) is 14.7 Å². The predicted molar refractivity (Wildman–Crippen MR) is 121 cm³/mol. The first-order chi connectivity index (χ1) is 15.8. The summed E-state index contributed by atoms with van der Waals surface area (Å²) in [6, 6.07) is 12.8. The van der Waals surface area contributed by atoms with Gasteiger partial charge in [-0.2, -0.15) is 0 Å². The van der Waals surface area contributed by atoms with Gasteiger partial charge in [-0.15, -0.1) is 0 Å². The minimum Gasteiger partial charge on any atom is -0.507 e. The molecule has 8 nitrogen and oxygen atoms in total. The average molecular weight is 448 g/mol. The van der Waals surface area contributed by atoms with E-state index < -0.39 is 17.7 Å². The van der Waals surface area contributed by atoms with E-state index in [1.807, 2.05) is 26.0 Å². The van der Waals surface area contributed by atoms with Gasteiger partial charge in [-0.1, -0.05) is 41.1 Å². The molecule has 2 aromatic carbocycles. The van der Waals surface area contributed by atoms with Gasteiger partial charge in [0.15, 0.2) is 17.3 Å². The van der Waals surface area contributed by atoms with Crippen LogP contribution >= 0.6 is 0 Å². The van der Waals surface area contributed by atoms with Crippen LogP contribution < -0.4 is 14.4 Å². The SMILES string of the molecule is CCOc1ccc([C@H]2/C(=C(\O)c3ccc(C)cc3)C(=O)C(=O)N2c2cc(C)on2)cc1OC. The average Bonchev–Trinajstić information content (AvgIpc) is 3.35. The number of hydrogen-bond donors (Lipinski definition) is 1. The molecule has 1 fully saturated rings. The summed E-state index contributed by atoms with van der Waals surface area (Å²) in [7, 11) is 1.51. The first-order valence-corrected chi connectivity index (χ1v) is 10.5. The molecule has 170 valence electrons. The summed E-state index contributed by atoms with van der Waals surface area (Å²) in [4.78, 5) is 27.5. The number of ketones is 1. The third-order valence-electron chi connectivity index (χ3n) is 5.44. The van der Waals surface area contributed by atoms with Crippen LogP contribution in [0, 0.1) is 13.8 Å². The summed E-state index contributed by atoms with van der Waals surface area (Å²) >= 11 is 0. The van der Waals surface area contributed by atoms with E-state index in [1.165, 1.54) is 12.0 Å². The zero-order valence-electron chi connectivity index (χ0n) is 18.8. The number of aryl methyl sites for hydroxylation is 2. The van der Waals surface area contributed by atoms with Crippen molar-refractivity contribution in [3.63, 3.8) is 0 Å². The first-order valence-electron chi connectivity index (χ1n) is 10.5. The van der Waals surface area contributed by atoms with Crippen LogP contribution in [0.3, 0.4) is 0 Å². The molecular formula is C25H24N2O6. The fourth-order valence-electron chi connectivity index (χ4n) is 3.85. The van der Waals surface area contributed by atoms with Crippen molar-refractivity contribution in [1.29, 1.82) is 0 Å².